The summed E-state index contributed by atoms with van der Waals surface area (Å²) in [4.78, 5) is 10.1. The lowest BCUT2D eigenvalue weighted by Crippen LogP contribution is -1.85. The smallest absolute Gasteiger partial charge is 0.328 e. The molecular formula is C19H20O5. The number of phenols is 1. The van der Waals surface area contributed by atoms with E-state index in [9.17, 15) is 9.90 Å². The first-order valence-electron chi connectivity index (χ1n) is 7.17. The van der Waals surface area contributed by atoms with Crippen molar-refractivity contribution in [3.63, 3.8) is 0 Å². The van der Waals surface area contributed by atoms with Gasteiger partial charge in [0.1, 0.15) is 0 Å². The van der Waals surface area contributed by atoms with E-state index in [-0.39, 0.29) is 12.4 Å². The number of benzene rings is 2. The molecule has 0 aliphatic rings. The molecule has 0 radical (unpaired) electrons. The minimum Gasteiger partial charge on any atom is -0.504 e. The predicted molar refractivity (Wildman–Crippen MR) is 93.9 cm³/mol. The Kier molecular flexibility index (Phi) is 8.42. The molecule has 3 N–H and O–H groups in total. The van der Waals surface area contributed by atoms with Crippen molar-refractivity contribution in [3.05, 3.63) is 71.8 Å². The molecule has 0 bridgehead atoms. The van der Waals surface area contributed by atoms with Crippen LogP contribution in [0.15, 0.2) is 60.7 Å². The van der Waals surface area contributed by atoms with Gasteiger partial charge in [-0.1, -0.05) is 48.6 Å². The molecular weight excluding hydrogens is 308 g/mol. The molecule has 2 rings (SSSR count). The second-order valence-electron chi connectivity index (χ2n) is 4.60. The number of aliphatic carboxylic acids is 1. The fourth-order valence-corrected chi connectivity index (χ4v) is 1.72. The second kappa shape index (κ2) is 10.6. The number of carbonyl (C=O) groups is 1. The van der Waals surface area contributed by atoms with Crippen molar-refractivity contribution < 1.29 is 24.9 Å². The zero-order chi connectivity index (χ0) is 17.8. The zero-order valence-corrected chi connectivity index (χ0v) is 13.3. The summed E-state index contributed by atoms with van der Waals surface area (Å²) in [5, 5.41) is 26.1. The monoisotopic (exact) mass is 328 g/mol. The lowest BCUT2D eigenvalue weighted by Gasteiger charge is -2.03. The summed E-state index contributed by atoms with van der Waals surface area (Å²) in [6, 6.07) is 14.3. The summed E-state index contributed by atoms with van der Waals surface area (Å²) in [6.07, 6.45) is 6.05. The summed E-state index contributed by atoms with van der Waals surface area (Å²) in [5.74, 6) is -0.377. The SMILES string of the molecule is COc1cc(/C=C/CO)ccc1O.O=C(O)C=Cc1ccccc1. The van der Waals surface area contributed by atoms with Gasteiger partial charge >= 0.3 is 5.97 Å². The van der Waals surface area contributed by atoms with Crippen LogP contribution in [0.5, 0.6) is 11.5 Å². The summed E-state index contributed by atoms with van der Waals surface area (Å²) >= 11 is 0. The standard InChI is InChI=1S/C10H12O3.C9H8O2/c1-13-10-7-8(3-2-6-11)4-5-9(10)12;10-9(11)7-6-8-4-2-1-3-5-8/h2-5,7,11-12H,6H2,1H3;1-7H,(H,10,11)/b3-2+;. The van der Waals surface area contributed by atoms with Gasteiger partial charge in [-0.25, -0.2) is 4.79 Å². The molecule has 0 spiro atoms. The molecule has 0 amide bonds. The molecule has 0 saturated carbocycles. The second-order valence-corrected chi connectivity index (χ2v) is 4.60. The van der Waals surface area contributed by atoms with Gasteiger partial charge in [0.15, 0.2) is 11.5 Å². The summed E-state index contributed by atoms with van der Waals surface area (Å²) in [7, 11) is 1.49. The Labute approximate surface area is 140 Å². The Morgan fingerprint density at radius 2 is 1.79 bits per heavy atom. The first-order valence-corrected chi connectivity index (χ1v) is 7.17. The zero-order valence-electron chi connectivity index (χ0n) is 13.3. The third-order valence-electron chi connectivity index (χ3n) is 2.84. The van der Waals surface area contributed by atoms with Gasteiger partial charge in [0.25, 0.3) is 0 Å². The van der Waals surface area contributed by atoms with E-state index >= 15 is 0 Å². The molecule has 24 heavy (non-hydrogen) atoms. The fraction of sp³-hybridized carbons (Fsp3) is 0.105. The normalized spacial score (nSPS) is 10.4. The Morgan fingerprint density at radius 3 is 2.38 bits per heavy atom. The number of carboxylic acid groups (broad SMARTS) is 1. The maximum absolute atomic E-state index is 10.1. The van der Waals surface area contributed by atoms with Gasteiger partial charge in [0.2, 0.25) is 0 Å². The summed E-state index contributed by atoms with van der Waals surface area (Å²) in [5.41, 5.74) is 1.78. The van der Waals surface area contributed by atoms with Crippen LogP contribution in [0.2, 0.25) is 0 Å². The molecule has 0 aromatic heterocycles. The molecule has 0 heterocycles. The van der Waals surface area contributed by atoms with E-state index in [4.69, 9.17) is 14.9 Å². The highest BCUT2D eigenvalue weighted by Crippen LogP contribution is 2.26. The van der Waals surface area contributed by atoms with Gasteiger partial charge < -0.3 is 20.1 Å². The van der Waals surface area contributed by atoms with E-state index < -0.39 is 5.97 Å². The molecule has 5 nitrogen and oxygen atoms in total. The Balaban J connectivity index is 0.000000243. The van der Waals surface area contributed by atoms with E-state index in [2.05, 4.69) is 0 Å². The number of methoxy groups -OCH3 is 1. The largest absolute Gasteiger partial charge is 0.504 e. The van der Waals surface area contributed by atoms with Gasteiger partial charge in [0, 0.05) is 6.08 Å². The number of carboxylic acids is 1. The van der Waals surface area contributed by atoms with Crippen molar-refractivity contribution in [2.75, 3.05) is 13.7 Å². The topological polar surface area (TPSA) is 87.0 Å². The Hall–Kier alpha value is -3.05. The third kappa shape index (κ3) is 7.29. The van der Waals surface area contributed by atoms with Crippen LogP contribution in [0.25, 0.3) is 12.2 Å². The van der Waals surface area contributed by atoms with E-state index in [1.54, 1.807) is 36.4 Å². The van der Waals surface area contributed by atoms with E-state index in [0.29, 0.717) is 5.75 Å². The number of hydrogen-bond donors (Lipinski definition) is 3. The molecule has 0 fully saturated rings. The predicted octanol–water partition coefficient (Wildman–Crippen LogP) is 3.19. The maximum atomic E-state index is 10.1. The number of rotatable bonds is 5. The number of aliphatic hydroxyl groups is 1. The minimum atomic E-state index is -0.922. The van der Waals surface area contributed by atoms with Crippen molar-refractivity contribution in [3.8, 4) is 11.5 Å². The molecule has 126 valence electrons. The van der Waals surface area contributed by atoms with Gasteiger partial charge in [-0.15, -0.1) is 0 Å². The molecule has 2 aromatic carbocycles. The van der Waals surface area contributed by atoms with Gasteiger partial charge in [-0.2, -0.15) is 0 Å². The highest BCUT2D eigenvalue weighted by molar-refractivity contribution is 5.85. The average molecular weight is 328 g/mol. The van der Waals surface area contributed by atoms with Gasteiger partial charge in [-0.05, 0) is 29.3 Å². The quantitative estimate of drug-likeness (QED) is 0.734. The van der Waals surface area contributed by atoms with Crippen LogP contribution in [0, 0.1) is 0 Å². The van der Waals surface area contributed by atoms with Crippen molar-refractivity contribution >= 4 is 18.1 Å². The highest BCUT2D eigenvalue weighted by atomic mass is 16.5. The van der Waals surface area contributed by atoms with Crippen LogP contribution in [-0.2, 0) is 4.79 Å². The van der Waals surface area contributed by atoms with Crippen LogP contribution in [0.4, 0.5) is 0 Å². The molecule has 0 atom stereocenters. The molecule has 0 saturated heterocycles. The van der Waals surface area contributed by atoms with E-state index in [0.717, 1.165) is 17.2 Å². The van der Waals surface area contributed by atoms with Crippen LogP contribution >= 0.6 is 0 Å². The van der Waals surface area contributed by atoms with Gasteiger partial charge in [0.05, 0.1) is 13.7 Å². The average Bonchev–Trinajstić information content (AvgIpc) is 2.60. The van der Waals surface area contributed by atoms with Crippen molar-refractivity contribution in [2.24, 2.45) is 0 Å². The molecule has 0 aliphatic heterocycles. The number of hydrogen-bond acceptors (Lipinski definition) is 4. The Morgan fingerprint density at radius 1 is 1.08 bits per heavy atom. The number of aliphatic hydroxyl groups excluding tert-OH is 1. The number of phenolic OH excluding ortho intramolecular Hbond substituents is 1. The van der Waals surface area contributed by atoms with Crippen LogP contribution < -0.4 is 4.74 Å². The fourth-order valence-electron chi connectivity index (χ4n) is 1.72. The first kappa shape index (κ1) is 19.0. The van der Waals surface area contributed by atoms with Crippen LogP contribution in [-0.4, -0.2) is 35.0 Å². The van der Waals surface area contributed by atoms with Crippen molar-refractivity contribution in [1.82, 2.24) is 0 Å². The Bertz CT molecular complexity index is 690. The van der Waals surface area contributed by atoms with Gasteiger partial charge in [-0.3, -0.25) is 0 Å². The van der Waals surface area contributed by atoms with E-state index in [1.807, 2.05) is 30.3 Å². The van der Waals surface area contributed by atoms with Crippen molar-refractivity contribution in [1.29, 1.82) is 0 Å². The lowest BCUT2D eigenvalue weighted by atomic mass is 10.2. The number of ether oxygens (including phenoxy) is 1. The molecule has 0 unspecified atom stereocenters. The minimum absolute atomic E-state index is 0.00317. The molecule has 5 heteroatoms. The highest BCUT2D eigenvalue weighted by Gasteiger charge is 1.99. The molecule has 2 aromatic rings. The van der Waals surface area contributed by atoms with Crippen LogP contribution in [0.3, 0.4) is 0 Å². The molecule has 0 aliphatic carbocycles. The lowest BCUT2D eigenvalue weighted by molar-refractivity contribution is -0.131. The first-order chi connectivity index (χ1) is 11.6. The maximum Gasteiger partial charge on any atom is 0.328 e. The summed E-state index contributed by atoms with van der Waals surface area (Å²) in [6.45, 7) is 0.00317. The third-order valence-corrected chi connectivity index (χ3v) is 2.84. The number of aromatic hydroxyl groups is 1. The van der Waals surface area contributed by atoms with Crippen LogP contribution in [0.1, 0.15) is 11.1 Å². The summed E-state index contributed by atoms with van der Waals surface area (Å²) < 4.78 is 4.92. The van der Waals surface area contributed by atoms with Crippen molar-refractivity contribution in [2.45, 2.75) is 0 Å². The van der Waals surface area contributed by atoms with E-state index in [1.165, 1.54) is 7.11 Å².